The molecule has 0 aliphatic carbocycles. The minimum absolute atomic E-state index is 0.221. The van der Waals surface area contributed by atoms with Crippen LogP contribution in [0.5, 0.6) is 0 Å². The van der Waals surface area contributed by atoms with Crippen molar-refractivity contribution in [3.05, 3.63) is 83.9 Å². The van der Waals surface area contributed by atoms with Crippen LogP contribution in [-0.2, 0) is 6.54 Å². The molecule has 122 valence electrons. The van der Waals surface area contributed by atoms with Gasteiger partial charge in [0.05, 0.1) is 41.3 Å². The Morgan fingerprint density at radius 2 is 1.92 bits per heavy atom. The molecule has 0 aliphatic heterocycles. The van der Waals surface area contributed by atoms with Gasteiger partial charge in [-0.15, -0.1) is 0 Å². The van der Waals surface area contributed by atoms with E-state index in [1.165, 1.54) is 6.20 Å². The number of carbonyl (C=O) groups is 1. The average molecular weight is 329 g/mol. The Balaban J connectivity index is 1.66. The Labute approximate surface area is 145 Å². The van der Waals surface area contributed by atoms with Gasteiger partial charge in [-0.2, -0.15) is 5.26 Å². The second-order valence-electron chi connectivity index (χ2n) is 5.28. The quantitative estimate of drug-likeness (QED) is 0.751. The zero-order valence-corrected chi connectivity index (χ0v) is 13.3. The van der Waals surface area contributed by atoms with Gasteiger partial charge in [-0.05, 0) is 42.5 Å². The average Bonchev–Trinajstić information content (AvgIpc) is 2.68. The van der Waals surface area contributed by atoms with Crippen molar-refractivity contribution >= 4 is 17.3 Å². The van der Waals surface area contributed by atoms with E-state index in [9.17, 15) is 4.79 Å². The molecule has 3 aromatic rings. The molecule has 0 atom stereocenters. The standard InChI is InChI=1S/C19H15N5O/c20-10-14-4-6-16(7-5-14)24-18-9-15(11-21-12-18)19(25)23-13-17-3-1-2-8-22-17/h1-9,11-12,24H,13H2,(H,23,25). The van der Waals surface area contributed by atoms with Gasteiger partial charge in [0.1, 0.15) is 0 Å². The second kappa shape index (κ2) is 7.70. The molecule has 6 heteroatoms. The van der Waals surface area contributed by atoms with Crippen LogP contribution < -0.4 is 10.6 Å². The summed E-state index contributed by atoms with van der Waals surface area (Å²) in [4.78, 5) is 20.5. The zero-order valence-electron chi connectivity index (χ0n) is 13.3. The maximum atomic E-state index is 12.3. The predicted octanol–water partition coefficient (Wildman–Crippen LogP) is 3.02. The highest BCUT2D eigenvalue weighted by molar-refractivity contribution is 5.94. The lowest BCUT2D eigenvalue weighted by molar-refractivity contribution is 0.0950. The van der Waals surface area contributed by atoms with Crippen LogP contribution in [0.25, 0.3) is 0 Å². The number of rotatable bonds is 5. The van der Waals surface area contributed by atoms with Crippen LogP contribution in [0, 0.1) is 11.3 Å². The minimum Gasteiger partial charge on any atom is -0.354 e. The van der Waals surface area contributed by atoms with Gasteiger partial charge in [0, 0.05) is 18.1 Å². The molecule has 6 nitrogen and oxygen atoms in total. The van der Waals surface area contributed by atoms with Gasteiger partial charge in [-0.25, -0.2) is 0 Å². The topological polar surface area (TPSA) is 90.7 Å². The third-order valence-corrected chi connectivity index (χ3v) is 3.46. The van der Waals surface area contributed by atoms with Crippen LogP contribution in [0.2, 0.25) is 0 Å². The monoisotopic (exact) mass is 329 g/mol. The Morgan fingerprint density at radius 1 is 1.08 bits per heavy atom. The molecule has 25 heavy (non-hydrogen) atoms. The first kappa shape index (κ1) is 16.1. The summed E-state index contributed by atoms with van der Waals surface area (Å²) in [6.45, 7) is 0.354. The number of anilines is 2. The fourth-order valence-corrected chi connectivity index (χ4v) is 2.20. The van der Waals surface area contributed by atoms with Crippen molar-refractivity contribution in [3.8, 4) is 6.07 Å². The lowest BCUT2D eigenvalue weighted by Gasteiger charge is -2.08. The number of nitrogens with one attached hydrogen (secondary N) is 2. The molecular weight excluding hydrogens is 314 g/mol. The highest BCUT2D eigenvalue weighted by Gasteiger charge is 2.07. The van der Waals surface area contributed by atoms with Crippen LogP contribution in [0.1, 0.15) is 21.6 Å². The molecule has 0 saturated carbocycles. The predicted molar refractivity (Wildman–Crippen MR) is 94.1 cm³/mol. The van der Waals surface area contributed by atoms with Crippen LogP contribution in [-0.4, -0.2) is 15.9 Å². The number of carbonyl (C=O) groups excluding carboxylic acids is 1. The van der Waals surface area contributed by atoms with Crippen molar-refractivity contribution < 1.29 is 4.79 Å². The molecule has 2 heterocycles. The molecule has 2 aromatic heterocycles. The van der Waals surface area contributed by atoms with Crippen molar-refractivity contribution in [1.82, 2.24) is 15.3 Å². The summed E-state index contributed by atoms with van der Waals surface area (Å²) < 4.78 is 0. The summed E-state index contributed by atoms with van der Waals surface area (Å²) in [5, 5.41) is 14.8. The molecule has 0 radical (unpaired) electrons. The van der Waals surface area contributed by atoms with Crippen LogP contribution >= 0.6 is 0 Å². The number of nitrogens with zero attached hydrogens (tertiary/aromatic N) is 3. The smallest absolute Gasteiger partial charge is 0.253 e. The first-order valence-electron chi connectivity index (χ1n) is 7.65. The summed E-state index contributed by atoms with van der Waals surface area (Å²) in [6.07, 6.45) is 4.83. The van der Waals surface area contributed by atoms with E-state index in [0.29, 0.717) is 23.4 Å². The Hall–Kier alpha value is -3.72. The molecule has 0 spiro atoms. The molecule has 0 unspecified atom stereocenters. The lowest BCUT2D eigenvalue weighted by Crippen LogP contribution is -2.23. The Bertz CT molecular complexity index is 901. The lowest BCUT2D eigenvalue weighted by atomic mass is 10.2. The molecule has 0 bridgehead atoms. The van der Waals surface area contributed by atoms with Gasteiger partial charge in [0.15, 0.2) is 0 Å². The maximum absolute atomic E-state index is 12.3. The zero-order chi connectivity index (χ0) is 17.5. The van der Waals surface area contributed by atoms with E-state index in [2.05, 4.69) is 26.7 Å². The van der Waals surface area contributed by atoms with Gasteiger partial charge in [-0.3, -0.25) is 14.8 Å². The first-order chi connectivity index (χ1) is 12.2. The molecular formula is C19H15N5O. The fourth-order valence-electron chi connectivity index (χ4n) is 2.20. The van der Waals surface area contributed by atoms with Crippen molar-refractivity contribution in [2.24, 2.45) is 0 Å². The summed E-state index contributed by atoms with van der Waals surface area (Å²) in [5.74, 6) is -0.221. The van der Waals surface area contributed by atoms with Gasteiger partial charge in [0.25, 0.3) is 5.91 Å². The number of hydrogen-bond donors (Lipinski definition) is 2. The fraction of sp³-hybridized carbons (Fsp3) is 0.0526. The van der Waals surface area contributed by atoms with E-state index in [-0.39, 0.29) is 5.91 Å². The molecule has 0 saturated heterocycles. The Morgan fingerprint density at radius 3 is 2.64 bits per heavy atom. The van der Waals surface area contributed by atoms with Crippen LogP contribution in [0.4, 0.5) is 11.4 Å². The number of aromatic nitrogens is 2. The number of pyridine rings is 2. The molecule has 0 fully saturated rings. The second-order valence-corrected chi connectivity index (χ2v) is 5.28. The van der Waals surface area contributed by atoms with E-state index in [1.807, 2.05) is 18.2 Å². The summed E-state index contributed by atoms with van der Waals surface area (Å²) >= 11 is 0. The van der Waals surface area contributed by atoms with Crippen molar-refractivity contribution in [2.75, 3.05) is 5.32 Å². The SMILES string of the molecule is N#Cc1ccc(Nc2cncc(C(=O)NCc3ccccn3)c2)cc1. The third-order valence-electron chi connectivity index (χ3n) is 3.46. The van der Waals surface area contributed by atoms with E-state index in [4.69, 9.17) is 5.26 Å². The largest absolute Gasteiger partial charge is 0.354 e. The van der Waals surface area contributed by atoms with Gasteiger partial charge in [-0.1, -0.05) is 6.07 Å². The van der Waals surface area contributed by atoms with E-state index in [0.717, 1.165) is 11.4 Å². The number of hydrogen-bond acceptors (Lipinski definition) is 5. The van der Waals surface area contributed by atoms with Gasteiger partial charge >= 0.3 is 0 Å². The molecule has 2 N–H and O–H groups in total. The van der Waals surface area contributed by atoms with Crippen molar-refractivity contribution in [3.63, 3.8) is 0 Å². The summed E-state index contributed by atoms with van der Waals surface area (Å²) in [7, 11) is 0. The maximum Gasteiger partial charge on any atom is 0.253 e. The molecule has 0 aliphatic rings. The van der Waals surface area contributed by atoms with E-state index < -0.39 is 0 Å². The van der Waals surface area contributed by atoms with Crippen molar-refractivity contribution in [1.29, 1.82) is 5.26 Å². The Kier molecular flexibility index (Phi) is 4.98. The van der Waals surface area contributed by atoms with Crippen molar-refractivity contribution in [2.45, 2.75) is 6.54 Å². The van der Waals surface area contributed by atoms with Crippen LogP contribution in [0.15, 0.2) is 67.1 Å². The molecule has 3 rings (SSSR count). The first-order valence-corrected chi connectivity index (χ1v) is 7.65. The normalized spacial score (nSPS) is 9.88. The summed E-state index contributed by atoms with van der Waals surface area (Å²) in [6, 6.07) is 16.4. The van der Waals surface area contributed by atoms with Crippen LogP contribution in [0.3, 0.4) is 0 Å². The molecule has 1 aromatic carbocycles. The number of amides is 1. The third kappa shape index (κ3) is 4.39. The summed E-state index contributed by atoms with van der Waals surface area (Å²) in [5.41, 5.74) is 3.33. The number of nitriles is 1. The van der Waals surface area contributed by atoms with E-state index in [1.54, 1.807) is 42.7 Å². The highest BCUT2D eigenvalue weighted by Crippen LogP contribution is 2.17. The van der Waals surface area contributed by atoms with Gasteiger partial charge < -0.3 is 10.6 Å². The minimum atomic E-state index is -0.221. The van der Waals surface area contributed by atoms with Gasteiger partial charge in [0.2, 0.25) is 0 Å². The highest BCUT2D eigenvalue weighted by atomic mass is 16.1. The number of benzene rings is 1. The van der Waals surface area contributed by atoms with E-state index >= 15 is 0 Å². The molecule has 1 amide bonds.